The molecule has 14 heteroatoms. The monoisotopic (exact) mass is 531 g/mol. The van der Waals surface area contributed by atoms with Crippen LogP contribution < -0.4 is 20.7 Å². The van der Waals surface area contributed by atoms with Gasteiger partial charge in [-0.25, -0.2) is 9.55 Å². The van der Waals surface area contributed by atoms with Gasteiger partial charge >= 0.3 is 13.7 Å². The maximum atomic E-state index is 13.4. The SMILES string of the molecule is COCCNc1nc(N)nc2c1ncn2[C@H]1C=C[C@@H](CO[P@@](=O)(N[C@@H](C)C(=O)O)Oc2ccccc2)C1. The minimum atomic E-state index is -3.99. The first-order valence-electron chi connectivity index (χ1n) is 11.7. The molecule has 1 aromatic carbocycles. The van der Waals surface area contributed by atoms with Gasteiger partial charge in [0, 0.05) is 19.6 Å². The number of anilines is 2. The maximum absolute atomic E-state index is 13.4. The van der Waals surface area contributed by atoms with Crippen LogP contribution in [0.2, 0.25) is 0 Å². The lowest BCUT2D eigenvalue weighted by atomic mass is 10.1. The standard InChI is InChI=1S/C23H30N7O6P/c1-15(22(31)32)29-37(33,36-18-6-4-3-5-7-18)35-13-16-8-9-17(12-16)30-14-26-19-20(25-10-11-34-2)27-23(24)28-21(19)30/h3-9,14-17H,10-13H2,1-2H3,(H,29,33)(H,31,32)(H3,24,25,27,28)/t15-,16+,17-,37-/m0/s1. The van der Waals surface area contributed by atoms with Crippen molar-refractivity contribution in [2.24, 2.45) is 5.92 Å². The molecule has 0 fully saturated rings. The van der Waals surface area contributed by atoms with Crippen molar-refractivity contribution in [3.05, 3.63) is 48.8 Å². The molecule has 0 saturated heterocycles. The number of para-hydroxylation sites is 1. The number of fused-ring (bicyclic) bond motifs is 1. The van der Waals surface area contributed by atoms with Gasteiger partial charge in [-0.05, 0) is 25.5 Å². The average molecular weight is 532 g/mol. The van der Waals surface area contributed by atoms with Gasteiger partial charge in [-0.2, -0.15) is 15.1 Å². The summed E-state index contributed by atoms with van der Waals surface area (Å²) >= 11 is 0. The Morgan fingerprint density at radius 1 is 1.30 bits per heavy atom. The summed E-state index contributed by atoms with van der Waals surface area (Å²) in [7, 11) is -2.38. The number of aliphatic carboxylic acids is 1. The highest BCUT2D eigenvalue weighted by molar-refractivity contribution is 7.52. The van der Waals surface area contributed by atoms with Crippen LogP contribution in [0.4, 0.5) is 11.8 Å². The number of nitrogens with two attached hydrogens (primary N) is 1. The molecule has 37 heavy (non-hydrogen) atoms. The van der Waals surface area contributed by atoms with Gasteiger partial charge in [-0.1, -0.05) is 30.4 Å². The molecule has 2 heterocycles. The molecule has 0 radical (unpaired) electrons. The summed E-state index contributed by atoms with van der Waals surface area (Å²) in [6, 6.07) is 7.21. The Balaban J connectivity index is 1.45. The van der Waals surface area contributed by atoms with Gasteiger partial charge in [0.25, 0.3) is 0 Å². The minimum absolute atomic E-state index is 0.0457. The number of hydrogen-bond acceptors (Lipinski definition) is 10. The van der Waals surface area contributed by atoms with Crippen molar-refractivity contribution in [2.75, 3.05) is 37.9 Å². The number of hydrogen-bond donors (Lipinski definition) is 4. The van der Waals surface area contributed by atoms with Crippen molar-refractivity contribution in [3.63, 3.8) is 0 Å². The van der Waals surface area contributed by atoms with Crippen LogP contribution in [0, 0.1) is 5.92 Å². The van der Waals surface area contributed by atoms with Crippen LogP contribution in [-0.4, -0.2) is 63.5 Å². The number of methoxy groups -OCH3 is 1. The van der Waals surface area contributed by atoms with E-state index in [0.29, 0.717) is 42.3 Å². The third-order valence-electron chi connectivity index (χ3n) is 5.69. The van der Waals surface area contributed by atoms with Crippen LogP contribution in [0.5, 0.6) is 5.75 Å². The lowest BCUT2D eigenvalue weighted by molar-refractivity contribution is -0.138. The fourth-order valence-corrected chi connectivity index (χ4v) is 5.40. The van der Waals surface area contributed by atoms with Gasteiger partial charge < -0.3 is 30.0 Å². The van der Waals surface area contributed by atoms with E-state index in [4.69, 9.17) is 19.5 Å². The van der Waals surface area contributed by atoms with Crippen LogP contribution in [0.3, 0.4) is 0 Å². The summed E-state index contributed by atoms with van der Waals surface area (Å²) in [5.74, 6) is -0.347. The normalized spacial score (nSPS) is 19.5. The summed E-state index contributed by atoms with van der Waals surface area (Å²) in [4.78, 5) is 24.4. The quantitative estimate of drug-likeness (QED) is 0.144. The highest BCUT2D eigenvalue weighted by Crippen LogP contribution is 2.46. The van der Waals surface area contributed by atoms with E-state index in [1.165, 1.54) is 6.92 Å². The number of nitrogens with zero attached hydrogens (tertiary/aromatic N) is 4. The second-order valence-corrected chi connectivity index (χ2v) is 10.2. The van der Waals surface area contributed by atoms with Crippen molar-refractivity contribution in [3.8, 4) is 5.75 Å². The third-order valence-corrected chi connectivity index (χ3v) is 7.34. The van der Waals surface area contributed by atoms with Crippen LogP contribution in [0.1, 0.15) is 19.4 Å². The summed E-state index contributed by atoms with van der Waals surface area (Å²) in [5.41, 5.74) is 7.11. The third kappa shape index (κ3) is 6.63. The Kier molecular flexibility index (Phi) is 8.39. The van der Waals surface area contributed by atoms with Gasteiger partial charge in [0.2, 0.25) is 5.95 Å². The Bertz CT molecular complexity index is 1300. The van der Waals surface area contributed by atoms with Crippen LogP contribution in [0.15, 0.2) is 48.8 Å². The zero-order valence-corrected chi connectivity index (χ0v) is 21.4. The summed E-state index contributed by atoms with van der Waals surface area (Å²) in [6.45, 7) is 2.45. The number of imidazole rings is 1. The molecule has 198 valence electrons. The second kappa shape index (κ2) is 11.7. The van der Waals surface area contributed by atoms with Crippen molar-refractivity contribution in [2.45, 2.75) is 25.4 Å². The Hall–Kier alpha value is -3.51. The molecule has 13 nitrogen and oxygen atoms in total. The fourth-order valence-electron chi connectivity index (χ4n) is 3.85. The zero-order valence-electron chi connectivity index (χ0n) is 20.5. The number of carboxylic acid groups (broad SMARTS) is 1. The molecular weight excluding hydrogens is 501 g/mol. The molecule has 4 rings (SSSR count). The molecule has 0 saturated carbocycles. The highest BCUT2D eigenvalue weighted by Gasteiger charge is 2.33. The molecule has 3 aromatic rings. The Morgan fingerprint density at radius 3 is 2.81 bits per heavy atom. The fraction of sp³-hybridized carbons (Fsp3) is 0.391. The van der Waals surface area contributed by atoms with E-state index in [9.17, 15) is 14.5 Å². The number of benzene rings is 1. The van der Waals surface area contributed by atoms with Crippen LogP contribution in [0.25, 0.3) is 11.2 Å². The first-order valence-corrected chi connectivity index (χ1v) is 13.2. The van der Waals surface area contributed by atoms with E-state index < -0.39 is 19.8 Å². The summed E-state index contributed by atoms with van der Waals surface area (Å²) in [6.07, 6.45) is 6.23. The van der Waals surface area contributed by atoms with Crippen molar-refractivity contribution < 1.29 is 28.3 Å². The van der Waals surface area contributed by atoms with Gasteiger partial charge in [-0.3, -0.25) is 9.32 Å². The number of ether oxygens (including phenoxy) is 1. The van der Waals surface area contributed by atoms with Crippen molar-refractivity contribution in [1.82, 2.24) is 24.6 Å². The molecule has 0 amide bonds. The van der Waals surface area contributed by atoms with Gasteiger partial charge in [-0.15, -0.1) is 0 Å². The Morgan fingerprint density at radius 2 is 2.08 bits per heavy atom. The van der Waals surface area contributed by atoms with E-state index in [-0.39, 0.29) is 24.5 Å². The van der Waals surface area contributed by atoms with E-state index in [1.807, 2.05) is 16.7 Å². The predicted molar refractivity (Wildman–Crippen MR) is 137 cm³/mol. The number of nitrogen functional groups attached to an aromatic ring is 1. The first-order chi connectivity index (χ1) is 17.8. The van der Waals surface area contributed by atoms with E-state index in [2.05, 4.69) is 25.4 Å². The van der Waals surface area contributed by atoms with Crippen molar-refractivity contribution in [1.29, 1.82) is 0 Å². The number of carbonyl (C=O) groups is 1. The topological polar surface area (TPSA) is 176 Å². The second-order valence-electron chi connectivity index (χ2n) is 8.51. The molecule has 5 N–H and O–H groups in total. The molecule has 0 spiro atoms. The van der Waals surface area contributed by atoms with E-state index in [1.54, 1.807) is 43.8 Å². The van der Waals surface area contributed by atoms with Gasteiger partial charge in [0.05, 0.1) is 25.6 Å². The average Bonchev–Trinajstić information content (AvgIpc) is 3.50. The molecule has 0 aliphatic heterocycles. The molecule has 0 bridgehead atoms. The molecule has 0 unspecified atom stereocenters. The zero-order chi connectivity index (χ0) is 26.4. The lowest BCUT2D eigenvalue weighted by Crippen LogP contribution is -2.33. The number of allylic oxidation sites excluding steroid dienone is 1. The largest absolute Gasteiger partial charge is 0.480 e. The summed E-state index contributed by atoms with van der Waals surface area (Å²) in [5, 5.41) is 14.9. The smallest absolute Gasteiger partial charge is 0.459 e. The van der Waals surface area contributed by atoms with Crippen LogP contribution >= 0.6 is 7.75 Å². The molecule has 1 aliphatic carbocycles. The maximum Gasteiger partial charge on any atom is 0.459 e. The summed E-state index contributed by atoms with van der Waals surface area (Å²) < 4.78 is 31.7. The molecule has 2 aromatic heterocycles. The predicted octanol–water partition coefficient (Wildman–Crippen LogP) is 2.85. The first kappa shape index (κ1) is 26.6. The lowest BCUT2D eigenvalue weighted by Gasteiger charge is -2.23. The van der Waals surface area contributed by atoms with Crippen molar-refractivity contribution >= 4 is 36.6 Å². The number of nitrogens with one attached hydrogen (secondary N) is 2. The molecule has 1 aliphatic rings. The number of aromatic nitrogens is 4. The van der Waals surface area contributed by atoms with E-state index >= 15 is 0 Å². The Labute approximate surface area is 213 Å². The van der Waals surface area contributed by atoms with Crippen LogP contribution in [-0.2, 0) is 18.6 Å². The minimum Gasteiger partial charge on any atom is -0.480 e. The number of rotatable bonds is 13. The van der Waals surface area contributed by atoms with E-state index in [0.717, 1.165) is 0 Å². The van der Waals surface area contributed by atoms with Gasteiger partial charge in [0.15, 0.2) is 17.0 Å². The highest BCUT2D eigenvalue weighted by atomic mass is 31.2. The number of carboxylic acids is 1. The van der Waals surface area contributed by atoms with Gasteiger partial charge in [0.1, 0.15) is 11.8 Å². The molecular formula is C23H30N7O6P. The molecule has 4 atom stereocenters.